The second kappa shape index (κ2) is 6.24. The van der Waals surface area contributed by atoms with E-state index in [1.54, 1.807) is 0 Å². The predicted octanol–water partition coefficient (Wildman–Crippen LogP) is 4.20. The first-order valence-corrected chi connectivity index (χ1v) is 7.81. The van der Waals surface area contributed by atoms with Gasteiger partial charge in [0.05, 0.1) is 11.6 Å². The second-order valence-electron chi connectivity index (χ2n) is 5.70. The van der Waals surface area contributed by atoms with E-state index in [-0.39, 0.29) is 11.9 Å². The minimum Gasteiger partial charge on any atom is -0.237 e. The highest BCUT2D eigenvalue weighted by Crippen LogP contribution is 2.26. The number of fused-ring (bicyclic) bond motifs is 1. The van der Waals surface area contributed by atoms with E-state index in [4.69, 9.17) is 0 Å². The molecule has 4 heteroatoms. The molecule has 1 radical (unpaired) electrons. The number of aromatic nitrogens is 3. The maximum Gasteiger partial charge on any atom is 0.123 e. The third kappa shape index (κ3) is 2.78. The Morgan fingerprint density at radius 2 is 1.71 bits per heavy atom. The van der Waals surface area contributed by atoms with Crippen LogP contribution in [0.2, 0.25) is 0 Å². The lowest BCUT2D eigenvalue weighted by Crippen LogP contribution is -2.15. The van der Waals surface area contributed by atoms with Gasteiger partial charge in [0, 0.05) is 0 Å². The first kappa shape index (κ1) is 14.6. The van der Waals surface area contributed by atoms with Crippen LogP contribution in [0.3, 0.4) is 0 Å². The molecule has 0 N–H and O–H groups in total. The van der Waals surface area contributed by atoms with Gasteiger partial charge in [-0.2, -0.15) is 0 Å². The van der Waals surface area contributed by atoms with Crippen LogP contribution in [0.25, 0.3) is 11.0 Å². The Morgan fingerprint density at radius 1 is 0.958 bits per heavy atom. The van der Waals surface area contributed by atoms with Gasteiger partial charge >= 0.3 is 0 Å². The van der Waals surface area contributed by atoms with E-state index in [0.717, 1.165) is 23.0 Å². The van der Waals surface area contributed by atoms with Crippen molar-refractivity contribution in [2.75, 3.05) is 0 Å². The Labute approximate surface area is 139 Å². The van der Waals surface area contributed by atoms with Crippen molar-refractivity contribution in [1.29, 1.82) is 0 Å². The topological polar surface area (TPSA) is 30.7 Å². The third-order valence-electron chi connectivity index (χ3n) is 4.14. The average Bonchev–Trinajstić information content (AvgIpc) is 3.05. The van der Waals surface area contributed by atoms with Gasteiger partial charge in [0.2, 0.25) is 0 Å². The zero-order valence-corrected chi connectivity index (χ0v) is 12.9. The monoisotopic (exact) mass is 316 g/mol. The predicted molar refractivity (Wildman–Crippen MR) is 91.0 cm³/mol. The van der Waals surface area contributed by atoms with Crippen molar-refractivity contribution in [3.63, 3.8) is 0 Å². The molecule has 3 aromatic carbocycles. The highest BCUT2D eigenvalue weighted by molar-refractivity contribution is 5.74. The molecule has 1 atom stereocenters. The summed E-state index contributed by atoms with van der Waals surface area (Å²) in [5.74, 6) is -0.241. The molecule has 0 fully saturated rings. The lowest BCUT2D eigenvalue weighted by Gasteiger charge is -2.18. The quantitative estimate of drug-likeness (QED) is 0.565. The van der Waals surface area contributed by atoms with Crippen molar-refractivity contribution < 1.29 is 4.39 Å². The zero-order valence-electron chi connectivity index (χ0n) is 12.9. The average molecular weight is 316 g/mol. The summed E-state index contributed by atoms with van der Waals surface area (Å²) >= 11 is 0. The van der Waals surface area contributed by atoms with Gasteiger partial charge < -0.3 is 0 Å². The van der Waals surface area contributed by atoms with E-state index in [1.807, 2.05) is 65.3 Å². The summed E-state index contributed by atoms with van der Waals surface area (Å²) < 4.78 is 15.2. The molecule has 3 nitrogen and oxygen atoms in total. The smallest absolute Gasteiger partial charge is 0.123 e. The molecule has 1 heterocycles. The maximum absolute atomic E-state index is 13.3. The fourth-order valence-corrected chi connectivity index (χ4v) is 2.93. The largest absolute Gasteiger partial charge is 0.237 e. The van der Waals surface area contributed by atoms with E-state index in [9.17, 15) is 4.39 Å². The normalized spacial score (nSPS) is 12.4. The summed E-state index contributed by atoms with van der Waals surface area (Å²) in [7, 11) is 0. The highest BCUT2D eigenvalue weighted by Gasteiger charge is 2.18. The summed E-state index contributed by atoms with van der Waals surface area (Å²) in [6.45, 7) is 0. The van der Waals surface area contributed by atoms with Crippen molar-refractivity contribution in [3.8, 4) is 0 Å². The number of halogens is 1. The van der Waals surface area contributed by atoms with Gasteiger partial charge in [0.1, 0.15) is 11.3 Å². The fraction of sp³-hybridized carbons (Fsp3) is 0.100. The Kier molecular flexibility index (Phi) is 3.79. The van der Waals surface area contributed by atoms with Crippen molar-refractivity contribution >= 4 is 11.0 Å². The molecular weight excluding hydrogens is 301 g/mol. The van der Waals surface area contributed by atoms with E-state index >= 15 is 0 Å². The van der Waals surface area contributed by atoms with Gasteiger partial charge in [-0.25, -0.2) is 9.07 Å². The molecule has 1 aromatic heterocycles. The number of hydrogen-bond acceptors (Lipinski definition) is 2. The van der Waals surface area contributed by atoms with E-state index < -0.39 is 0 Å². The van der Waals surface area contributed by atoms with Gasteiger partial charge in [-0.15, -0.1) is 5.10 Å². The van der Waals surface area contributed by atoms with Crippen LogP contribution in [-0.4, -0.2) is 15.0 Å². The third-order valence-corrected chi connectivity index (χ3v) is 4.14. The van der Waals surface area contributed by atoms with Gasteiger partial charge in [-0.05, 0) is 47.9 Å². The molecule has 0 aliphatic heterocycles. The van der Waals surface area contributed by atoms with Gasteiger partial charge in [0.15, 0.2) is 0 Å². The van der Waals surface area contributed by atoms with Crippen LogP contribution in [0.15, 0.2) is 72.8 Å². The molecule has 0 spiro atoms. The lowest BCUT2D eigenvalue weighted by molar-refractivity contribution is 0.517. The number of rotatable bonds is 4. The first-order valence-electron chi connectivity index (χ1n) is 7.81. The van der Waals surface area contributed by atoms with E-state index in [2.05, 4.69) is 16.4 Å². The number of para-hydroxylation sites is 1. The van der Waals surface area contributed by atoms with Crippen LogP contribution in [0.5, 0.6) is 0 Å². The number of hydrogen-bond donors (Lipinski definition) is 0. The van der Waals surface area contributed by atoms with E-state index in [1.165, 1.54) is 17.7 Å². The molecule has 0 bridgehead atoms. The van der Waals surface area contributed by atoms with Crippen LogP contribution >= 0.6 is 0 Å². The van der Waals surface area contributed by atoms with Gasteiger partial charge in [-0.3, -0.25) is 0 Å². The Balaban J connectivity index is 1.82. The first-order chi connectivity index (χ1) is 11.8. The lowest BCUT2D eigenvalue weighted by atomic mass is 9.98. The SMILES string of the molecule is Fc1ccc(C(Cc2cc[c]cc2)n2nnc3ccccc32)cc1. The molecule has 1 unspecified atom stereocenters. The summed E-state index contributed by atoms with van der Waals surface area (Å²) in [6, 6.07) is 25.3. The van der Waals surface area contributed by atoms with Crippen LogP contribution in [0.1, 0.15) is 17.2 Å². The molecule has 0 aliphatic carbocycles. The molecular formula is C20H15FN3. The van der Waals surface area contributed by atoms with Gasteiger partial charge in [-0.1, -0.05) is 53.7 Å². The molecule has 24 heavy (non-hydrogen) atoms. The van der Waals surface area contributed by atoms with Crippen LogP contribution in [0, 0.1) is 11.9 Å². The van der Waals surface area contributed by atoms with E-state index in [0.29, 0.717) is 0 Å². The second-order valence-corrected chi connectivity index (χ2v) is 5.70. The molecule has 0 amide bonds. The van der Waals surface area contributed by atoms with Crippen molar-refractivity contribution in [2.45, 2.75) is 12.5 Å². The molecule has 4 rings (SSSR count). The van der Waals surface area contributed by atoms with Crippen LogP contribution in [-0.2, 0) is 6.42 Å². The number of benzene rings is 3. The minimum absolute atomic E-state index is 0.0552. The van der Waals surface area contributed by atoms with Crippen molar-refractivity contribution in [1.82, 2.24) is 15.0 Å². The molecule has 0 aliphatic rings. The molecule has 0 saturated heterocycles. The summed E-state index contributed by atoms with van der Waals surface area (Å²) in [5.41, 5.74) is 3.99. The van der Waals surface area contributed by atoms with Crippen molar-refractivity contribution in [3.05, 3.63) is 95.8 Å². The standard InChI is InChI=1S/C20H15FN3/c21-17-12-10-16(11-13-17)20(14-15-6-2-1-3-7-15)24-19-9-5-4-8-18(19)22-23-24/h2-13,20H,14H2. The highest BCUT2D eigenvalue weighted by atomic mass is 19.1. The summed E-state index contributed by atoms with van der Waals surface area (Å²) in [4.78, 5) is 0. The van der Waals surface area contributed by atoms with Crippen LogP contribution in [0.4, 0.5) is 4.39 Å². The Bertz CT molecular complexity index is 945. The minimum atomic E-state index is -0.241. The molecule has 0 saturated carbocycles. The fourth-order valence-electron chi connectivity index (χ4n) is 2.93. The Hall–Kier alpha value is -3.01. The molecule has 4 aromatic rings. The maximum atomic E-state index is 13.3. The zero-order chi connectivity index (χ0) is 16.4. The van der Waals surface area contributed by atoms with Crippen LogP contribution < -0.4 is 0 Å². The van der Waals surface area contributed by atoms with Crippen molar-refractivity contribution in [2.24, 2.45) is 0 Å². The Morgan fingerprint density at radius 3 is 2.50 bits per heavy atom. The number of nitrogens with zero attached hydrogens (tertiary/aromatic N) is 3. The molecule has 117 valence electrons. The summed E-state index contributed by atoms with van der Waals surface area (Å²) in [5, 5.41) is 8.61. The van der Waals surface area contributed by atoms with Gasteiger partial charge in [0.25, 0.3) is 0 Å². The summed E-state index contributed by atoms with van der Waals surface area (Å²) in [6.07, 6.45) is 0.744.